The van der Waals surface area contributed by atoms with E-state index in [0.29, 0.717) is 29.0 Å². The highest BCUT2D eigenvalue weighted by Gasteiger charge is 2.09. The molecule has 104 valence electrons. The number of nitrogens with two attached hydrogens (primary N) is 1. The van der Waals surface area contributed by atoms with Gasteiger partial charge in [0, 0.05) is 17.7 Å². The van der Waals surface area contributed by atoms with Gasteiger partial charge in [0.05, 0.1) is 18.7 Å². The van der Waals surface area contributed by atoms with Crippen LogP contribution in [0.2, 0.25) is 0 Å². The zero-order valence-electron chi connectivity index (χ0n) is 10.9. The molecule has 0 aliphatic carbocycles. The lowest BCUT2D eigenvalue weighted by atomic mass is 10.0. The van der Waals surface area contributed by atoms with Crippen molar-refractivity contribution in [2.75, 3.05) is 7.11 Å². The van der Waals surface area contributed by atoms with Crippen LogP contribution in [0.1, 0.15) is 11.1 Å². The number of nitrogens with zero attached hydrogens (tertiary/aromatic N) is 1. The van der Waals surface area contributed by atoms with Crippen molar-refractivity contribution in [1.82, 2.24) is 0 Å². The van der Waals surface area contributed by atoms with E-state index >= 15 is 0 Å². The Labute approximate surface area is 123 Å². The Balaban J connectivity index is 0.00000200. The van der Waals surface area contributed by atoms with Gasteiger partial charge >= 0.3 is 0 Å². The third-order valence-corrected chi connectivity index (χ3v) is 2.91. The topological polar surface area (TPSA) is 59.0 Å². The molecule has 0 aliphatic heterocycles. The van der Waals surface area contributed by atoms with Crippen LogP contribution in [-0.4, -0.2) is 7.11 Å². The average molecular weight is 293 g/mol. The molecule has 0 aliphatic rings. The molecule has 0 heterocycles. The van der Waals surface area contributed by atoms with Crippen LogP contribution in [0.4, 0.5) is 4.39 Å². The highest BCUT2D eigenvalue weighted by atomic mass is 35.5. The summed E-state index contributed by atoms with van der Waals surface area (Å²) < 4.78 is 19.1. The summed E-state index contributed by atoms with van der Waals surface area (Å²) in [6.45, 7) is 0.314. The van der Waals surface area contributed by atoms with Gasteiger partial charge in [-0.05, 0) is 29.8 Å². The second kappa shape index (κ2) is 6.90. The highest BCUT2D eigenvalue weighted by Crippen LogP contribution is 2.28. The smallest absolute Gasteiger partial charge is 0.132 e. The number of hydrogen-bond acceptors (Lipinski definition) is 3. The maximum atomic E-state index is 13.9. The van der Waals surface area contributed by atoms with E-state index < -0.39 is 5.82 Å². The maximum absolute atomic E-state index is 13.9. The van der Waals surface area contributed by atoms with E-state index in [1.807, 2.05) is 6.07 Å². The van der Waals surface area contributed by atoms with E-state index in [4.69, 9.17) is 15.7 Å². The second-order valence-corrected chi connectivity index (χ2v) is 4.04. The summed E-state index contributed by atoms with van der Waals surface area (Å²) in [5.41, 5.74) is 7.90. The summed E-state index contributed by atoms with van der Waals surface area (Å²) >= 11 is 0. The first-order chi connectivity index (χ1) is 9.19. The lowest BCUT2D eigenvalue weighted by molar-refractivity contribution is 0.410. The molecule has 0 spiro atoms. The highest BCUT2D eigenvalue weighted by molar-refractivity contribution is 5.85. The van der Waals surface area contributed by atoms with E-state index in [1.54, 1.807) is 37.4 Å². The fraction of sp³-hybridized carbons (Fsp3) is 0.133. The van der Waals surface area contributed by atoms with Crippen LogP contribution in [0.15, 0.2) is 36.4 Å². The molecule has 2 aromatic carbocycles. The Kier molecular flexibility index (Phi) is 5.51. The van der Waals surface area contributed by atoms with Gasteiger partial charge < -0.3 is 10.5 Å². The maximum Gasteiger partial charge on any atom is 0.132 e. The van der Waals surface area contributed by atoms with Crippen molar-refractivity contribution in [3.05, 3.63) is 53.3 Å². The number of methoxy groups -OCH3 is 1. The van der Waals surface area contributed by atoms with Crippen molar-refractivity contribution in [2.45, 2.75) is 6.54 Å². The van der Waals surface area contributed by atoms with Crippen LogP contribution in [0.25, 0.3) is 11.1 Å². The summed E-state index contributed by atoms with van der Waals surface area (Å²) in [6, 6.07) is 11.6. The third-order valence-electron chi connectivity index (χ3n) is 2.91. The van der Waals surface area contributed by atoms with Gasteiger partial charge in [0.25, 0.3) is 0 Å². The molecule has 2 N–H and O–H groups in total. The monoisotopic (exact) mass is 292 g/mol. The quantitative estimate of drug-likeness (QED) is 0.944. The number of hydrogen-bond donors (Lipinski definition) is 1. The number of rotatable bonds is 3. The van der Waals surface area contributed by atoms with Gasteiger partial charge in [0.1, 0.15) is 11.6 Å². The van der Waals surface area contributed by atoms with Crippen molar-refractivity contribution in [3.63, 3.8) is 0 Å². The minimum absolute atomic E-state index is 0. The summed E-state index contributed by atoms with van der Waals surface area (Å²) in [6.07, 6.45) is 0. The molecule has 0 saturated carbocycles. The molecule has 5 heteroatoms. The first-order valence-electron chi connectivity index (χ1n) is 5.76. The van der Waals surface area contributed by atoms with Gasteiger partial charge in [-0.15, -0.1) is 12.4 Å². The Bertz CT molecular complexity index is 653. The van der Waals surface area contributed by atoms with Crippen molar-refractivity contribution in [3.8, 4) is 22.9 Å². The van der Waals surface area contributed by atoms with E-state index in [0.717, 1.165) is 5.56 Å². The van der Waals surface area contributed by atoms with E-state index in [-0.39, 0.29) is 12.4 Å². The summed E-state index contributed by atoms with van der Waals surface area (Å²) in [5, 5.41) is 8.72. The average Bonchev–Trinajstić information content (AvgIpc) is 2.46. The van der Waals surface area contributed by atoms with Crippen molar-refractivity contribution in [1.29, 1.82) is 5.26 Å². The van der Waals surface area contributed by atoms with Gasteiger partial charge in [-0.3, -0.25) is 0 Å². The third kappa shape index (κ3) is 3.08. The lowest BCUT2D eigenvalue weighted by Gasteiger charge is -2.10. The molecule has 0 aromatic heterocycles. The second-order valence-electron chi connectivity index (χ2n) is 4.04. The predicted molar refractivity (Wildman–Crippen MR) is 78.2 cm³/mol. The summed E-state index contributed by atoms with van der Waals surface area (Å²) in [5.74, 6) is 0.257. The molecule has 20 heavy (non-hydrogen) atoms. The van der Waals surface area contributed by atoms with Crippen LogP contribution in [0.3, 0.4) is 0 Å². The van der Waals surface area contributed by atoms with Gasteiger partial charge in [-0.25, -0.2) is 4.39 Å². The fourth-order valence-electron chi connectivity index (χ4n) is 1.92. The predicted octanol–water partition coefficient (Wildman–Crippen LogP) is 3.25. The minimum atomic E-state index is -0.424. The first kappa shape index (κ1) is 16.0. The Morgan fingerprint density at radius 3 is 2.55 bits per heavy atom. The van der Waals surface area contributed by atoms with Crippen LogP contribution in [0, 0.1) is 17.1 Å². The standard InChI is InChI=1S/C15H13FN2O.ClH/c1-19-15-5-3-11(7-12(15)9-18)13-4-2-10(8-17)6-14(13)16;/h2-7H,9,18H2,1H3;1H. The molecule has 3 nitrogen and oxygen atoms in total. The van der Waals surface area contributed by atoms with Crippen molar-refractivity contribution in [2.24, 2.45) is 5.73 Å². The zero-order valence-corrected chi connectivity index (χ0v) is 11.7. The molecular formula is C15H14ClFN2O. The molecule has 0 atom stereocenters. The Hall–Kier alpha value is -2.09. The van der Waals surface area contributed by atoms with Crippen molar-refractivity contribution >= 4 is 12.4 Å². The SMILES string of the molecule is COc1ccc(-c2ccc(C#N)cc2F)cc1CN.Cl. The van der Waals surface area contributed by atoms with Gasteiger partial charge in [0.15, 0.2) is 0 Å². The normalized spacial score (nSPS) is 9.50. The number of halogens is 2. The molecule has 0 amide bonds. The van der Waals surface area contributed by atoms with Gasteiger partial charge in [-0.2, -0.15) is 5.26 Å². The Morgan fingerprint density at radius 2 is 2.00 bits per heavy atom. The van der Waals surface area contributed by atoms with E-state index in [9.17, 15) is 4.39 Å². The van der Waals surface area contributed by atoms with E-state index in [2.05, 4.69) is 0 Å². The van der Waals surface area contributed by atoms with Crippen molar-refractivity contribution < 1.29 is 9.13 Å². The number of nitriles is 1. The molecular weight excluding hydrogens is 279 g/mol. The summed E-state index contributed by atoms with van der Waals surface area (Å²) in [4.78, 5) is 0. The molecule has 0 unspecified atom stereocenters. The van der Waals surface area contributed by atoms with Gasteiger partial charge in [-0.1, -0.05) is 12.1 Å². The van der Waals surface area contributed by atoms with Crippen LogP contribution >= 0.6 is 12.4 Å². The molecule has 0 radical (unpaired) electrons. The fourth-order valence-corrected chi connectivity index (χ4v) is 1.92. The minimum Gasteiger partial charge on any atom is -0.496 e. The van der Waals surface area contributed by atoms with Crippen LogP contribution in [0.5, 0.6) is 5.75 Å². The molecule has 2 rings (SSSR count). The van der Waals surface area contributed by atoms with Crippen LogP contribution in [-0.2, 0) is 6.54 Å². The molecule has 0 bridgehead atoms. The lowest BCUT2D eigenvalue weighted by Crippen LogP contribution is -2.00. The molecule has 0 fully saturated rings. The first-order valence-corrected chi connectivity index (χ1v) is 5.76. The van der Waals surface area contributed by atoms with Crippen LogP contribution < -0.4 is 10.5 Å². The molecule has 0 saturated heterocycles. The Morgan fingerprint density at radius 1 is 1.25 bits per heavy atom. The molecule has 2 aromatic rings. The van der Waals surface area contributed by atoms with E-state index in [1.165, 1.54) is 6.07 Å². The summed E-state index contributed by atoms with van der Waals surface area (Å²) in [7, 11) is 1.57. The van der Waals surface area contributed by atoms with Gasteiger partial charge in [0.2, 0.25) is 0 Å². The zero-order chi connectivity index (χ0) is 13.8. The number of ether oxygens (including phenoxy) is 1. The number of benzene rings is 2. The largest absolute Gasteiger partial charge is 0.496 e.